The van der Waals surface area contributed by atoms with Gasteiger partial charge in [-0.2, -0.15) is 0 Å². The summed E-state index contributed by atoms with van der Waals surface area (Å²) in [6.07, 6.45) is 7.17. The van der Waals surface area contributed by atoms with Crippen LogP contribution in [0.4, 0.5) is 0 Å². The first-order valence-corrected chi connectivity index (χ1v) is 11.7. The van der Waals surface area contributed by atoms with Crippen molar-refractivity contribution < 1.29 is 22.8 Å². The van der Waals surface area contributed by atoms with Gasteiger partial charge >= 0.3 is 0 Å². The Morgan fingerprint density at radius 3 is 2.07 bits per heavy atom. The Bertz CT molecular complexity index is 951. The first-order chi connectivity index (χ1) is 13.8. The molecule has 3 aliphatic rings. The van der Waals surface area contributed by atoms with E-state index in [2.05, 4.69) is 0 Å². The SMILES string of the molecule is CS(=O)(=O)c1ccc(CCC(=O)N2CC(N3C(=O)[C@H]4CC=CC[C@H]4C3=O)C2)cc1. The fourth-order valence-electron chi connectivity index (χ4n) is 4.32. The smallest absolute Gasteiger partial charge is 0.233 e. The lowest BCUT2D eigenvalue weighted by Gasteiger charge is -2.43. The van der Waals surface area contributed by atoms with Crippen molar-refractivity contribution >= 4 is 27.6 Å². The number of likely N-dealkylation sites (tertiary alicyclic amines) is 2. The molecule has 8 heteroatoms. The molecule has 1 aromatic rings. The summed E-state index contributed by atoms with van der Waals surface area (Å²) in [6, 6.07) is 6.33. The second-order valence-electron chi connectivity index (χ2n) is 8.07. The molecule has 2 atom stereocenters. The number of imide groups is 1. The van der Waals surface area contributed by atoms with Crippen molar-refractivity contribution in [2.24, 2.45) is 11.8 Å². The first-order valence-electron chi connectivity index (χ1n) is 9.84. The van der Waals surface area contributed by atoms with E-state index in [-0.39, 0.29) is 40.5 Å². The zero-order valence-electron chi connectivity index (χ0n) is 16.3. The van der Waals surface area contributed by atoms with Crippen molar-refractivity contribution in [1.82, 2.24) is 9.80 Å². The van der Waals surface area contributed by atoms with Gasteiger partial charge in [-0.3, -0.25) is 19.3 Å². The summed E-state index contributed by atoms with van der Waals surface area (Å²) < 4.78 is 23.0. The number of carbonyl (C=O) groups is 3. The molecular formula is C21H24N2O5S. The minimum absolute atomic E-state index is 0.0217. The van der Waals surface area contributed by atoms with Gasteiger partial charge < -0.3 is 4.90 Å². The summed E-state index contributed by atoms with van der Waals surface area (Å²) in [5.74, 6) is -0.661. The summed E-state index contributed by atoms with van der Waals surface area (Å²) in [5.41, 5.74) is 0.893. The van der Waals surface area contributed by atoms with Gasteiger partial charge in [0, 0.05) is 25.8 Å². The van der Waals surface area contributed by atoms with Crippen LogP contribution in [-0.4, -0.2) is 61.3 Å². The van der Waals surface area contributed by atoms with Crippen molar-refractivity contribution in [3.8, 4) is 0 Å². The molecule has 1 aromatic carbocycles. The van der Waals surface area contributed by atoms with E-state index in [9.17, 15) is 22.8 Å². The molecule has 4 rings (SSSR count). The molecule has 0 radical (unpaired) electrons. The summed E-state index contributed by atoms with van der Waals surface area (Å²) in [7, 11) is -3.23. The molecule has 29 heavy (non-hydrogen) atoms. The van der Waals surface area contributed by atoms with E-state index in [0.29, 0.717) is 38.8 Å². The van der Waals surface area contributed by atoms with Gasteiger partial charge in [0.05, 0.1) is 22.8 Å². The Labute approximate surface area is 170 Å². The molecule has 1 aliphatic carbocycles. The van der Waals surface area contributed by atoms with Gasteiger partial charge in [0.15, 0.2) is 9.84 Å². The fourth-order valence-corrected chi connectivity index (χ4v) is 4.95. The van der Waals surface area contributed by atoms with Crippen LogP contribution in [0.15, 0.2) is 41.3 Å². The van der Waals surface area contributed by atoms with Crippen molar-refractivity contribution in [2.45, 2.75) is 36.6 Å². The van der Waals surface area contributed by atoms with E-state index in [1.54, 1.807) is 29.2 Å². The van der Waals surface area contributed by atoms with Crippen molar-refractivity contribution in [3.05, 3.63) is 42.0 Å². The van der Waals surface area contributed by atoms with Crippen LogP contribution in [0.1, 0.15) is 24.8 Å². The number of fused-ring (bicyclic) bond motifs is 1. The molecule has 2 heterocycles. The van der Waals surface area contributed by atoms with E-state index in [1.807, 2.05) is 12.2 Å². The summed E-state index contributed by atoms with van der Waals surface area (Å²) in [4.78, 5) is 41.0. The summed E-state index contributed by atoms with van der Waals surface area (Å²) in [6.45, 7) is 0.798. The summed E-state index contributed by atoms with van der Waals surface area (Å²) in [5, 5.41) is 0. The minimum atomic E-state index is -3.23. The number of aryl methyl sites for hydroxylation is 1. The minimum Gasteiger partial charge on any atom is -0.338 e. The van der Waals surface area contributed by atoms with Gasteiger partial charge in [0.25, 0.3) is 0 Å². The monoisotopic (exact) mass is 416 g/mol. The van der Waals surface area contributed by atoms with Crippen LogP contribution >= 0.6 is 0 Å². The van der Waals surface area contributed by atoms with Crippen LogP contribution in [0, 0.1) is 11.8 Å². The van der Waals surface area contributed by atoms with Gasteiger partial charge in [0.1, 0.15) is 0 Å². The Morgan fingerprint density at radius 2 is 1.55 bits per heavy atom. The highest BCUT2D eigenvalue weighted by atomic mass is 32.2. The van der Waals surface area contributed by atoms with Crippen LogP contribution in [-0.2, 0) is 30.6 Å². The number of hydrogen-bond donors (Lipinski definition) is 0. The maximum Gasteiger partial charge on any atom is 0.233 e. The molecule has 0 saturated carbocycles. The fraction of sp³-hybridized carbons (Fsp3) is 0.476. The van der Waals surface area contributed by atoms with E-state index in [4.69, 9.17) is 0 Å². The third-order valence-electron chi connectivity index (χ3n) is 6.10. The van der Waals surface area contributed by atoms with E-state index < -0.39 is 9.84 Å². The third kappa shape index (κ3) is 3.73. The predicted molar refractivity (Wildman–Crippen MR) is 105 cm³/mol. The van der Waals surface area contributed by atoms with E-state index >= 15 is 0 Å². The largest absolute Gasteiger partial charge is 0.338 e. The normalized spacial score (nSPS) is 24.6. The number of benzene rings is 1. The van der Waals surface area contributed by atoms with Gasteiger partial charge in [-0.1, -0.05) is 24.3 Å². The molecule has 0 spiro atoms. The Kier molecular flexibility index (Phi) is 5.06. The highest BCUT2D eigenvalue weighted by Gasteiger charge is 2.52. The zero-order valence-corrected chi connectivity index (χ0v) is 17.1. The van der Waals surface area contributed by atoms with Gasteiger partial charge in [-0.05, 0) is 37.0 Å². The topological polar surface area (TPSA) is 91.8 Å². The van der Waals surface area contributed by atoms with Crippen LogP contribution in [0.5, 0.6) is 0 Å². The van der Waals surface area contributed by atoms with E-state index in [1.165, 1.54) is 4.90 Å². The van der Waals surface area contributed by atoms with E-state index in [0.717, 1.165) is 11.8 Å². The van der Waals surface area contributed by atoms with Crippen molar-refractivity contribution in [2.75, 3.05) is 19.3 Å². The Morgan fingerprint density at radius 1 is 1.00 bits per heavy atom. The average Bonchev–Trinajstić information content (AvgIpc) is 2.90. The van der Waals surface area contributed by atoms with Gasteiger partial charge in [-0.15, -0.1) is 0 Å². The Balaban J connectivity index is 1.28. The highest BCUT2D eigenvalue weighted by molar-refractivity contribution is 7.90. The molecule has 0 aromatic heterocycles. The highest BCUT2D eigenvalue weighted by Crippen LogP contribution is 2.37. The second-order valence-corrected chi connectivity index (χ2v) is 10.1. The quantitative estimate of drug-likeness (QED) is 0.531. The Hall–Kier alpha value is -2.48. The van der Waals surface area contributed by atoms with Crippen molar-refractivity contribution in [1.29, 1.82) is 0 Å². The number of amides is 3. The van der Waals surface area contributed by atoms with Crippen LogP contribution in [0.3, 0.4) is 0 Å². The zero-order chi connectivity index (χ0) is 20.8. The van der Waals surface area contributed by atoms with Crippen LogP contribution < -0.4 is 0 Å². The third-order valence-corrected chi connectivity index (χ3v) is 7.23. The maximum absolute atomic E-state index is 12.6. The van der Waals surface area contributed by atoms with Gasteiger partial charge in [-0.25, -0.2) is 8.42 Å². The predicted octanol–water partition coefficient (Wildman–Crippen LogP) is 1.18. The molecule has 154 valence electrons. The number of allylic oxidation sites excluding steroid dienone is 2. The summed E-state index contributed by atoms with van der Waals surface area (Å²) >= 11 is 0. The first kappa shape index (κ1) is 19.8. The molecule has 7 nitrogen and oxygen atoms in total. The lowest BCUT2D eigenvalue weighted by Crippen LogP contribution is -2.62. The second kappa shape index (κ2) is 7.40. The lowest BCUT2D eigenvalue weighted by molar-refractivity contribution is -0.152. The standard InChI is InChI=1S/C21H24N2O5S/c1-29(27,28)16-9-6-14(7-10-16)8-11-19(24)22-12-15(13-22)23-20(25)17-4-2-3-5-18(17)21(23)26/h2-3,6-7,9-10,15,17-18H,4-5,8,11-13H2,1H3/t17-,18+. The maximum atomic E-state index is 12.6. The average molecular weight is 416 g/mol. The number of carbonyl (C=O) groups excluding carboxylic acids is 3. The number of hydrogen-bond acceptors (Lipinski definition) is 5. The molecule has 0 bridgehead atoms. The molecule has 2 aliphatic heterocycles. The molecular weight excluding hydrogens is 392 g/mol. The number of rotatable bonds is 5. The van der Waals surface area contributed by atoms with Crippen LogP contribution in [0.25, 0.3) is 0 Å². The van der Waals surface area contributed by atoms with Crippen molar-refractivity contribution in [3.63, 3.8) is 0 Å². The molecule has 3 amide bonds. The van der Waals surface area contributed by atoms with Gasteiger partial charge in [0.2, 0.25) is 17.7 Å². The molecule has 0 N–H and O–H groups in total. The molecule has 0 unspecified atom stereocenters. The lowest BCUT2D eigenvalue weighted by atomic mass is 9.85. The molecule has 2 saturated heterocycles. The number of sulfone groups is 1. The number of nitrogens with zero attached hydrogens (tertiary/aromatic N) is 2. The molecule has 2 fully saturated rings. The van der Waals surface area contributed by atoms with Crippen LogP contribution in [0.2, 0.25) is 0 Å².